The van der Waals surface area contributed by atoms with Crippen LogP contribution in [0.2, 0.25) is 5.02 Å². The molecule has 136 valence electrons. The summed E-state index contributed by atoms with van der Waals surface area (Å²) in [6, 6.07) is 7.73. The standard InChI is InChI=1S/C16H14ClN3O4S2/c17-12-3-5-13(6-4-12)26(22,23)9-1-2-14(21)18-16-20-19-15(24-16)11-7-8-25-10-11/h3-8,10H,1-2,9H2,(H,18,20,21). The second-order valence-electron chi connectivity index (χ2n) is 5.35. The third kappa shape index (κ3) is 4.69. The van der Waals surface area contributed by atoms with E-state index in [0.717, 1.165) is 5.56 Å². The Morgan fingerprint density at radius 2 is 1.96 bits per heavy atom. The number of nitrogens with one attached hydrogen (secondary N) is 1. The number of nitrogens with zero attached hydrogens (tertiary/aromatic N) is 2. The summed E-state index contributed by atoms with van der Waals surface area (Å²) in [6.07, 6.45) is 0.186. The number of amides is 1. The summed E-state index contributed by atoms with van der Waals surface area (Å²) in [5.74, 6) is -0.227. The lowest BCUT2D eigenvalue weighted by Gasteiger charge is -2.04. The number of hydrogen-bond acceptors (Lipinski definition) is 7. The third-order valence-electron chi connectivity index (χ3n) is 3.43. The first-order valence-electron chi connectivity index (χ1n) is 7.58. The molecule has 0 aliphatic rings. The molecule has 0 unspecified atom stereocenters. The molecule has 0 aliphatic carbocycles. The van der Waals surface area contributed by atoms with Crippen molar-refractivity contribution in [1.29, 1.82) is 0 Å². The fourth-order valence-corrected chi connectivity index (χ4v) is 4.21. The van der Waals surface area contributed by atoms with Crippen LogP contribution in [-0.2, 0) is 14.6 Å². The van der Waals surface area contributed by atoms with E-state index < -0.39 is 15.7 Å². The van der Waals surface area contributed by atoms with Crippen LogP contribution in [0.5, 0.6) is 0 Å². The molecule has 0 saturated heterocycles. The topological polar surface area (TPSA) is 102 Å². The van der Waals surface area contributed by atoms with E-state index in [2.05, 4.69) is 15.5 Å². The van der Waals surface area contributed by atoms with Crippen LogP contribution in [0.3, 0.4) is 0 Å². The van der Waals surface area contributed by atoms with Gasteiger partial charge in [-0.2, -0.15) is 11.3 Å². The Labute approximate surface area is 158 Å². The Hall–Kier alpha value is -2.23. The van der Waals surface area contributed by atoms with Crippen molar-refractivity contribution in [3.05, 3.63) is 46.1 Å². The van der Waals surface area contributed by atoms with Crippen LogP contribution in [0.1, 0.15) is 12.8 Å². The van der Waals surface area contributed by atoms with Gasteiger partial charge in [0.2, 0.25) is 5.91 Å². The first kappa shape index (κ1) is 18.6. The number of aromatic nitrogens is 2. The number of anilines is 1. The number of hydrogen-bond donors (Lipinski definition) is 1. The van der Waals surface area contributed by atoms with Crippen molar-refractivity contribution in [1.82, 2.24) is 10.2 Å². The van der Waals surface area contributed by atoms with E-state index in [1.807, 2.05) is 16.8 Å². The van der Waals surface area contributed by atoms with Gasteiger partial charge in [0.1, 0.15) is 0 Å². The van der Waals surface area contributed by atoms with Gasteiger partial charge in [-0.05, 0) is 42.1 Å². The Bertz CT molecular complexity index is 983. The maximum Gasteiger partial charge on any atom is 0.322 e. The number of sulfone groups is 1. The van der Waals surface area contributed by atoms with Crippen molar-refractivity contribution in [3.8, 4) is 11.5 Å². The van der Waals surface area contributed by atoms with Gasteiger partial charge in [-0.25, -0.2) is 8.42 Å². The molecule has 3 rings (SSSR count). The van der Waals surface area contributed by atoms with Crippen LogP contribution in [0, 0.1) is 0 Å². The zero-order valence-electron chi connectivity index (χ0n) is 13.4. The number of benzene rings is 1. The minimum atomic E-state index is -3.46. The summed E-state index contributed by atoms with van der Waals surface area (Å²) in [6.45, 7) is 0. The predicted molar refractivity (Wildman–Crippen MR) is 99.0 cm³/mol. The van der Waals surface area contributed by atoms with E-state index in [1.165, 1.54) is 35.6 Å². The van der Waals surface area contributed by atoms with Gasteiger partial charge in [-0.1, -0.05) is 16.7 Å². The number of thiophene rings is 1. The predicted octanol–water partition coefficient (Wildman–Crippen LogP) is 3.64. The number of carbonyl (C=O) groups excluding carboxylic acids is 1. The van der Waals surface area contributed by atoms with E-state index in [-0.39, 0.29) is 29.5 Å². The van der Waals surface area contributed by atoms with Gasteiger partial charge in [0.05, 0.1) is 10.6 Å². The SMILES string of the molecule is O=C(CCCS(=O)(=O)c1ccc(Cl)cc1)Nc1nnc(-c2ccsc2)o1. The average Bonchev–Trinajstić information content (AvgIpc) is 3.26. The van der Waals surface area contributed by atoms with Crippen molar-refractivity contribution >= 4 is 44.7 Å². The van der Waals surface area contributed by atoms with Gasteiger partial charge in [-0.15, -0.1) is 5.10 Å². The fraction of sp³-hybridized carbons (Fsp3) is 0.188. The normalized spacial score (nSPS) is 11.4. The Balaban J connectivity index is 1.50. The largest absolute Gasteiger partial charge is 0.403 e. The second kappa shape index (κ2) is 7.98. The highest BCUT2D eigenvalue weighted by Crippen LogP contribution is 2.22. The molecule has 1 amide bonds. The Kier molecular flexibility index (Phi) is 5.70. The summed E-state index contributed by atoms with van der Waals surface area (Å²) < 4.78 is 29.8. The van der Waals surface area contributed by atoms with E-state index in [1.54, 1.807) is 0 Å². The van der Waals surface area contributed by atoms with Gasteiger partial charge in [0.15, 0.2) is 9.84 Å². The first-order valence-corrected chi connectivity index (χ1v) is 10.6. The summed E-state index contributed by atoms with van der Waals surface area (Å²) in [7, 11) is -3.46. The number of carbonyl (C=O) groups is 1. The highest BCUT2D eigenvalue weighted by Gasteiger charge is 2.16. The molecule has 0 radical (unpaired) electrons. The zero-order chi connectivity index (χ0) is 18.6. The number of rotatable bonds is 7. The molecular formula is C16H14ClN3O4S2. The van der Waals surface area contributed by atoms with Crippen LogP contribution in [0.15, 0.2) is 50.4 Å². The molecule has 3 aromatic rings. The molecular weight excluding hydrogens is 398 g/mol. The molecule has 26 heavy (non-hydrogen) atoms. The monoisotopic (exact) mass is 411 g/mol. The molecule has 10 heteroatoms. The van der Waals surface area contributed by atoms with Crippen LogP contribution in [-0.4, -0.2) is 30.3 Å². The highest BCUT2D eigenvalue weighted by atomic mass is 35.5. The zero-order valence-corrected chi connectivity index (χ0v) is 15.8. The van der Waals surface area contributed by atoms with Crippen LogP contribution < -0.4 is 5.32 Å². The van der Waals surface area contributed by atoms with E-state index >= 15 is 0 Å². The van der Waals surface area contributed by atoms with Crippen molar-refractivity contribution in [3.63, 3.8) is 0 Å². The van der Waals surface area contributed by atoms with E-state index in [0.29, 0.717) is 10.9 Å². The first-order chi connectivity index (χ1) is 12.4. The summed E-state index contributed by atoms with van der Waals surface area (Å²) in [4.78, 5) is 12.1. The molecule has 1 aromatic carbocycles. The maximum absolute atomic E-state index is 12.2. The fourth-order valence-electron chi connectivity index (χ4n) is 2.14. The second-order valence-corrected chi connectivity index (χ2v) is 8.67. The van der Waals surface area contributed by atoms with Gasteiger partial charge in [0.25, 0.3) is 5.89 Å². The summed E-state index contributed by atoms with van der Waals surface area (Å²) >= 11 is 7.24. The molecule has 1 N–H and O–H groups in total. The van der Waals surface area contributed by atoms with Crippen molar-refractivity contribution < 1.29 is 17.6 Å². The highest BCUT2D eigenvalue weighted by molar-refractivity contribution is 7.91. The molecule has 0 fully saturated rings. The van der Waals surface area contributed by atoms with Crippen molar-refractivity contribution in [2.45, 2.75) is 17.7 Å². The van der Waals surface area contributed by atoms with Crippen molar-refractivity contribution in [2.75, 3.05) is 11.1 Å². The summed E-state index contributed by atoms with van der Waals surface area (Å²) in [5.41, 5.74) is 0.775. The molecule has 7 nitrogen and oxygen atoms in total. The average molecular weight is 412 g/mol. The van der Waals surface area contributed by atoms with E-state index in [9.17, 15) is 13.2 Å². The lowest BCUT2D eigenvalue weighted by molar-refractivity contribution is -0.116. The quantitative estimate of drug-likeness (QED) is 0.636. The lowest BCUT2D eigenvalue weighted by Crippen LogP contribution is -2.14. The van der Waals surface area contributed by atoms with E-state index in [4.69, 9.17) is 16.0 Å². The number of halogens is 1. The molecule has 2 aromatic heterocycles. The molecule has 0 saturated carbocycles. The Morgan fingerprint density at radius 3 is 2.65 bits per heavy atom. The van der Waals surface area contributed by atoms with Crippen LogP contribution >= 0.6 is 22.9 Å². The third-order valence-corrected chi connectivity index (χ3v) is 6.18. The lowest BCUT2D eigenvalue weighted by atomic mass is 10.3. The minimum Gasteiger partial charge on any atom is -0.403 e. The van der Waals surface area contributed by atoms with Gasteiger partial charge in [0, 0.05) is 22.4 Å². The van der Waals surface area contributed by atoms with Crippen LogP contribution in [0.25, 0.3) is 11.5 Å². The smallest absolute Gasteiger partial charge is 0.322 e. The molecule has 0 bridgehead atoms. The molecule has 0 aliphatic heterocycles. The maximum atomic E-state index is 12.2. The minimum absolute atomic E-state index is 0.0168. The molecule has 0 spiro atoms. The molecule has 0 atom stereocenters. The summed E-state index contributed by atoms with van der Waals surface area (Å²) in [5, 5.41) is 14.3. The van der Waals surface area contributed by atoms with Crippen LogP contribution in [0.4, 0.5) is 6.01 Å². The van der Waals surface area contributed by atoms with Gasteiger partial charge >= 0.3 is 6.01 Å². The van der Waals surface area contributed by atoms with Gasteiger partial charge < -0.3 is 4.42 Å². The van der Waals surface area contributed by atoms with Crippen molar-refractivity contribution in [2.24, 2.45) is 0 Å². The molecule has 2 heterocycles. The van der Waals surface area contributed by atoms with Gasteiger partial charge in [-0.3, -0.25) is 10.1 Å². The Morgan fingerprint density at radius 1 is 1.19 bits per heavy atom.